The standard InChI is InChI=1S/C23H24F3N3O2/c24-17-5-3-16(4-6-17)23(31)29-11-7-15(8-12-29)22(30)27-18-13-19(25)21(20(26)14-18)28-9-1-2-10-28/h3-6,13-15H,1-2,7-12H2,(H,27,30). The van der Waals surface area contributed by atoms with Gasteiger partial charge in [-0.15, -0.1) is 0 Å². The number of hydrogen-bond acceptors (Lipinski definition) is 3. The first kappa shape index (κ1) is 21.2. The molecule has 0 spiro atoms. The SMILES string of the molecule is O=C(Nc1cc(F)c(N2CCCC2)c(F)c1)C1CCN(C(=O)c2ccc(F)cc2)CC1. The molecule has 0 unspecified atom stereocenters. The Labute approximate surface area is 178 Å². The molecule has 31 heavy (non-hydrogen) atoms. The monoisotopic (exact) mass is 431 g/mol. The van der Waals surface area contributed by atoms with Gasteiger partial charge in [-0.1, -0.05) is 0 Å². The number of rotatable bonds is 4. The van der Waals surface area contributed by atoms with Crippen LogP contribution in [0.3, 0.4) is 0 Å². The zero-order valence-corrected chi connectivity index (χ0v) is 17.0. The van der Waals surface area contributed by atoms with Crippen molar-refractivity contribution in [1.29, 1.82) is 0 Å². The van der Waals surface area contributed by atoms with Crippen LogP contribution in [0.1, 0.15) is 36.0 Å². The van der Waals surface area contributed by atoms with Gasteiger partial charge in [0.15, 0.2) is 11.6 Å². The average molecular weight is 431 g/mol. The molecule has 2 aromatic carbocycles. The Morgan fingerprint density at radius 3 is 2.03 bits per heavy atom. The summed E-state index contributed by atoms with van der Waals surface area (Å²) in [7, 11) is 0. The minimum atomic E-state index is -0.683. The van der Waals surface area contributed by atoms with Gasteiger partial charge >= 0.3 is 0 Å². The lowest BCUT2D eigenvalue weighted by Gasteiger charge is -2.31. The summed E-state index contributed by atoms with van der Waals surface area (Å²) in [6, 6.07) is 7.65. The van der Waals surface area contributed by atoms with Crippen LogP contribution in [-0.2, 0) is 4.79 Å². The van der Waals surface area contributed by atoms with Gasteiger partial charge in [0.2, 0.25) is 5.91 Å². The molecular weight excluding hydrogens is 407 g/mol. The zero-order valence-electron chi connectivity index (χ0n) is 17.0. The summed E-state index contributed by atoms with van der Waals surface area (Å²) in [4.78, 5) is 28.4. The molecule has 2 amide bonds. The second kappa shape index (κ2) is 8.99. The number of amides is 2. The Hall–Kier alpha value is -3.03. The third-order valence-corrected chi connectivity index (χ3v) is 5.95. The molecule has 2 aliphatic rings. The van der Waals surface area contributed by atoms with Gasteiger partial charge in [0, 0.05) is 43.3 Å². The second-order valence-corrected chi connectivity index (χ2v) is 8.05. The summed E-state index contributed by atoms with van der Waals surface area (Å²) >= 11 is 0. The van der Waals surface area contributed by atoms with Crippen LogP contribution >= 0.6 is 0 Å². The molecule has 5 nitrogen and oxygen atoms in total. The molecule has 1 N–H and O–H groups in total. The van der Waals surface area contributed by atoms with E-state index < -0.39 is 17.5 Å². The van der Waals surface area contributed by atoms with Gasteiger partial charge in [-0.3, -0.25) is 9.59 Å². The highest BCUT2D eigenvalue weighted by Gasteiger charge is 2.28. The maximum atomic E-state index is 14.5. The summed E-state index contributed by atoms with van der Waals surface area (Å²) in [5.41, 5.74) is 0.448. The van der Waals surface area contributed by atoms with E-state index in [1.54, 1.807) is 9.80 Å². The molecule has 164 valence electrons. The fourth-order valence-corrected chi connectivity index (χ4v) is 4.24. The maximum absolute atomic E-state index is 14.5. The molecule has 4 rings (SSSR count). The molecule has 2 saturated heterocycles. The number of piperidine rings is 1. The van der Waals surface area contributed by atoms with Crippen molar-refractivity contribution >= 4 is 23.2 Å². The van der Waals surface area contributed by atoms with Crippen LogP contribution in [0.4, 0.5) is 24.5 Å². The van der Waals surface area contributed by atoms with E-state index in [-0.39, 0.29) is 29.1 Å². The normalized spacial score (nSPS) is 17.1. The maximum Gasteiger partial charge on any atom is 0.253 e. The molecule has 8 heteroatoms. The van der Waals surface area contributed by atoms with Crippen molar-refractivity contribution in [1.82, 2.24) is 4.90 Å². The van der Waals surface area contributed by atoms with Crippen molar-refractivity contribution in [3.05, 3.63) is 59.4 Å². The fraction of sp³-hybridized carbons (Fsp3) is 0.391. The minimum Gasteiger partial charge on any atom is -0.367 e. The van der Waals surface area contributed by atoms with Crippen LogP contribution in [-0.4, -0.2) is 42.9 Å². The number of hydrogen-bond donors (Lipinski definition) is 1. The first-order valence-corrected chi connectivity index (χ1v) is 10.5. The summed E-state index contributed by atoms with van der Waals surface area (Å²) in [6.45, 7) is 2.00. The predicted octanol–water partition coefficient (Wildman–Crippen LogP) is 4.20. The zero-order chi connectivity index (χ0) is 22.0. The quantitative estimate of drug-likeness (QED) is 0.790. The molecular formula is C23H24F3N3O2. The highest BCUT2D eigenvalue weighted by Crippen LogP contribution is 2.30. The fourth-order valence-electron chi connectivity index (χ4n) is 4.24. The molecule has 0 radical (unpaired) electrons. The van der Waals surface area contributed by atoms with Crippen molar-refractivity contribution in [2.75, 3.05) is 36.4 Å². The van der Waals surface area contributed by atoms with Crippen molar-refractivity contribution in [3.8, 4) is 0 Å². The second-order valence-electron chi connectivity index (χ2n) is 8.05. The third kappa shape index (κ3) is 4.68. The van der Waals surface area contributed by atoms with Crippen molar-refractivity contribution in [3.63, 3.8) is 0 Å². The molecule has 0 bridgehead atoms. The van der Waals surface area contributed by atoms with Gasteiger partial charge in [-0.05, 0) is 62.1 Å². The van der Waals surface area contributed by atoms with Crippen molar-refractivity contribution in [2.45, 2.75) is 25.7 Å². The predicted molar refractivity (Wildman–Crippen MR) is 111 cm³/mol. The lowest BCUT2D eigenvalue weighted by Crippen LogP contribution is -2.41. The van der Waals surface area contributed by atoms with Gasteiger partial charge in [0.05, 0.1) is 0 Å². The van der Waals surface area contributed by atoms with E-state index in [1.807, 2.05) is 0 Å². The summed E-state index contributed by atoms with van der Waals surface area (Å²) in [5, 5.41) is 2.61. The Balaban J connectivity index is 1.35. The van der Waals surface area contributed by atoms with Crippen LogP contribution < -0.4 is 10.2 Å². The number of carbonyl (C=O) groups excluding carboxylic acids is 2. The first-order chi connectivity index (χ1) is 14.9. The van der Waals surface area contributed by atoms with Crippen molar-refractivity contribution in [2.24, 2.45) is 5.92 Å². The number of carbonyl (C=O) groups is 2. The Morgan fingerprint density at radius 2 is 1.45 bits per heavy atom. The van der Waals surface area contributed by atoms with Gasteiger partial charge in [0.1, 0.15) is 11.5 Å². The minimum absolute atomic E-state index is 0.0388. The van der Waals surface area contributed by atoms with Crippen molar-refractivity contribution < 1.29 is 22.8 Å². The van der Waals surface area contributed by atoms with Crippen LogP contribution in [0.25, 0.3) is 0 Å². The Morgan fingerprint density at radius 1 is 0.871 bits per heavy atom. The number of nitrogens with zero attached hydrogens (tertiary/aromatic N) is 2. The van der Waals surface area contributed by atoms with Crippen LogP contribution in [0.15, 0.2) is 36.4 Å². The van der Waals surface area contributed by atoms with Crippen LogP contribution in [0, 0.1) is 23.4 Å². The average Bonchev–Trinajstić information content (AvgIpc) is 3.28. The smallest absolute Gasteiger partial charge is 0.253 e. The van der Waals surface area contributed by atoms with E-state index in [0.29, 0.717) is 44.6 Å². The number of likely N-dealkylation sites (tertiary alicyclic amines) is 1. The van der Waals surface area contributed by atoms with Crippen LogP contribution in [0.2, 0.25) is 0 Å². The van der Waals surface area contributed by atoms with E-state index in [4.69, 9.17) is 0 Å². The molecule has 2 heterocycles. The van der Waals surface area contributed by atoms with Gasteiger partial charge < -0.3 is 15.1 Å². The molecule has 2 fully saturated rings. The largest absolute Gasteiger partial charge is 0.367 e. The van der Waals surface area contributed by atoms with E-state index in [2.05, 4.69) is 5.32 Å². The molecule has 0 aromatic heterocycles. The van der Waals surface area contributed by atoms with E-state index in [9.17, 15) is 22.8 Å². The first-order valence-electron chi connectivity index (χ1n) is 10.5. The summed E-state index contributed by atoms with van der Waals surface area (Å²) in [5.74, 6) is -2.66. The highest BCUT2D eigenvalue weighted by molar-refractivity contribution is 5.95. The Bertz CT molecular complexity index is 944. The van der Waals surface area contributed by atoms with Crippen LogP contribution in [0.5, 0.6) is 0 Å². The van der Waals surface area contributed by atoms with E-state index in [1.165, 1.54) is 24.3 Å². The van der Waals surface area contributed by atoms with Gasteiger partial charge in [-0.2, -0.15) is 0 Å². The number of benzene rings is 2. The molecule has 0 atom stereocenters. The van der Waals surface area contributed by atoms with E-state index >= 15 is 0 Å². The summed E-state index contributed by atoms with van der Waals surface area (Å²) < 4.78 is 42.0. The number of nitrogens with one attached hydrogen (secondary N) is 1. The topological polar surface area (TPSA) is 52.7 Å². The van der Waals surface area contributed by atoms with E-state index in [0.717, 1.165) is 25.0 Å². The number of halogens is 3. The molecule has 0 saturated carbocycles. The summed E-state index contributed by atoms with van der Waals surface area (Å²) in [6.07, 6.45) is 2.69. The number of anilines is 2. The van der Waals surface area contributed by atoms with Gasteiger partial charge in [0.25, 0.3) is 5.91 Å². The molecule has 2 aromatic rings. The molecule has 0 aliphatic carbocycles. The lowest BCUT2D eigenvalue weighted by molar-refractivity contribution is -0.121. The lowest BCUT2D eigenvalue weighted by atomic mass is 9.95. The Kier molecular flexibility index (Phi) is 6.15. The highest BCUT2D eigenvalue weighted by atomic mass is 19.1. The van der Waals surface area contributed by atoms with Gasteiger partial charge in [-0.25, -0.2) is 13.2 Å². The third-order valence-electron chi connectivity index (χ3n) is 5.95. The molecule has 2 aliphatic heterocycles.